The second kappa shape index (κ2) is 6.15. The molecule has 2 bridgehead atoms. The Hall–Kier alpha value is -2.30. The van der Waals surface area contributed by atoms with Gasteiger partial charge < -0.3 is 5.11 Å². The molecule has 3 nitrogen and oxygen atoms in total. The van der Waals surface area contributed by atoms with Crippen LogP contribution in [0.25, 0.3) is 0 Å². The number of fused-ring (bicyclic) bond motifs is 1. The van der Waals surface area contributed by atoms with E-state index in [-0.39, 0.29) is 0 Å². The predicted octanol–water partition coefficient (Wildman–Crippen LogP) is 3.90. The molecule has 0 saturated heterocycles. The van der Waals surface area contributed by atoms with E-state index in [9.17, 15) is 18.4 Å². The van der Waals surface area contributed by atoms with Crippen molar-refractivity contribution >= 4 is 11.6 Å². The van der Waals surface area contributed by atoms with Crippen LogP contribution in [0.2, 0.25) is 0 Å². The summed E-state index contributed by atoms with van der Waals surface area (Å²) in [5.41, 5.74) is -3.24. The van der Waals surface area contributed by atoms with Gasteiger partial charge in [0.2, 0.25) is 0 Å². The Balaban J connectivity index is 0.000000206. The number of halogens is 2. The summed E-state index contributed by atoms with van der Waals surface area (Å²) in [5, 5.41) is 8.92. The third-order valence-electron chi connectivity index (χ3n) is 5.85. The summed E-state index contributed by atoms with van der Waals surface area (Å²) in [6.45, 7) is 4.27. The van der Waals surface area contributed by atoms with Gasteiger partial charge in [-0.25, -0.2) is 8.78 Å². The summed E-state index contributed by atoms with van der Waals surface area (Å²) in [5.74, 6) is -3.44. The minimum absolute atomic E-state index is 0.368. The number of phenols is 1. The monoisotopic (exact) mass is 360 g/mol. The van der Waals surface area contributed by atoms with Crippen molar-refractivity contribution in [1.82, 2.24) is 0 Å². The minimum Gasteiger partial charge on any atom is -0.508 e. The average molecular weight is 360 g/mol. The Labute approximate surface area is 151 Å². The fraction of sp³-hybridized carbons (Fsp3) is 0.429. The number of benzene rings is 1. The van der Waals surface area contributed by atoms with Gasteiger partial charge in [0.1, 0.15) is 5.75 Å². The highest BCUT2D eigenvalue weighted by atomic mass is 19.1. The van der Waals surface area contributed by atoms with Crippen LogP contribution in [-0.2, 0) is 9.59 Å². The second-order valence-corrected chi connectivity index (χ2v) is 7.56. The first kappa shape index (κ1) is 18.5. The molecule has 138 valence electrons. The molecule has 0 aromatic heterocycles. The average Bonchev–Trinajstić information content (AvgIpc) is 2.59. The maximum Gasteiger partial charge on any atom is 0.192 e. The third kappa shape index (κ3) is 2.70. The smallest absolute Gasteiger partial charge is 0.192 e. The molecule has 1 N–H and O–H groups in total. The SMILES string of the molecule is C[C@]1(F)C(=O)C=C[C@@H]2[C@H]1[C@@H]1C=C[C@H]2C(=O)[C@]1(C)F.Cc1ccccc1O. The number of phenolic OH excluding ortho intramolecular Hbond substituents is 1. The number of carbonyl (C=O) groups is 2. The summed E-state index contributed by atoms with van der Waals surface area (Å²) in [6, 6.07) is 7.25. The van der Waals surface area contributed by atoms with Crippen LogP contribution in [0.1, 0.15) is 19.4 Å². The molecule has 0 unspecified atom stereocenters. The number of hydrogen-bond donors (Lipinski definition) is 1. The van der Waals surface area contributed by atoms with E-state index in [2.05, 4.69) is 0 Å². The number of Topliss-reactive ketones (excluding diaryl/α,β-unsaturated/α-hetero) is 1. The summed E-state index contributed by atoms with van der Waals surface area (Å²) in [4.78, 5) is 23.6. The molecule has 0 radical (unpaired) electrons. The number of ketones is 2. The van der Waals surface area contributed by atoms with E-state index >= 15 is 0 Å². The fourth-order valence-electron chi connectivity index (χ4n) is 4.25. The molecule has 4 aliphatic carbocycles. The highest BCUT2D eigenvalue weighted by Gasteiger charge is 2.64. The first-order valence-electron chi connectivity index (χ1n) is 8.66. The van der Waals surface area contributed by atoms with Crippen molar-refractivity contribution in [2.24, 2.45) is 23.7 Å². The number of carbonyl (C=O) groups excluding carboxylic acids is 2. The van der Waals surface area contributed by atoms with Crippen LogP contribution < -0.4 is 0 Å². The van der Waals surface area contributed by atoms with Crippen LogP contribution in [0.3, 0.4) is 0 Å². The van der Waals surface area contributed by atoms with Crippen LogP contribution in [0.4, 0.5) is 8.78 Å². The van der Waals surface area contributed by atoms with Gasteiger partial charge in [0.15, 0.2) is 22.9 Å². The van der Waals surface area contributed by atoms with Gasteiger partial charge in [-0.15, -0.1) is 0 Å². The molecule has 0 heterocycles. The fourth-order valence-corrected chi connectivity index (χ4v) is 4.25. The highest BCUT2D eigenvalue weighted by molar-refractivity contribution is 6.00. The maximum atomic E-state index is 14.6. The van der Waals surface area contributed by atoms with Crippen molar-refractivity contribution in [1.29, 1.82) is 0 Å². The van der Waals surface area contributed by atoms with Crippen molar-refractivity contribution < 1.29 is 23.5 Å². The van der Waals surface area contributed by atoms with Gasteiger partial charge in [-0.2, -0.15) is 0 Å². The largest absolute Gasteiger partial charge is 0.508 e. The van der Waals surface area contributed by atoms with Gasteiger partial charge in [-0.05, 0) is 44.4 Å². The number of hydrogen-bond acceptors (Lipinski definition) is 3. The second-order valence-electron chi connectivity index (χ2n) is 7.56. The molecule has 1 fully saturated rings. The van der Waals surface area contributed by atoms with E-state index in [4.69, 9.17) is 5.11 Å². The minimum atomic E-state index is -2.10. The van der Waals surface area contributed by atoms with Crippen molar-refractivity contribution in [3.05, 3.63) is 54.1 Å². The molecule has 5 heteroatoms. The third-order valence-corrected chi connectivity index (χ3v) is 5.85. The predicted molar refractivity (Wildman–Crippen MR) is 94.1 cm³/mol. The summed E-state index contributed by atoms with van der Waals surface area (Å²) >= 11 is 0. The molecule has 0 amide bonds. The van der Waals surface area contributed by atoms with Gasteiger partial charge >= 0.3 is 0 Å². The quantitative estimate of drug-likeness (QED) is 0.714. The van der Waals surface area contributed by atoms with E-state index in [1.54, 1.807) is 24.3 Å². The lowest BCUT2D eigenvalue weighted by Gasteiger charge is -2.53. The number of allylic oxidation sites excluding steroid dienone is 4. The zero-order valence-corrected chi connectivity index (χ0v) is 14.9. The molecular formula is C21H22F2O3. The molecule has 26 heavy (non-hydrogen) atoms. The summed E-state index contributed by atoms with van der Waals surface area (Å²) < 4.78 is 29.1. The van der Waals surface area contributed by atoms with E-state index in [1.807, 2.05) is 25.1 Å². The van der Waals surface area contributed by atoms with Crippen molar-refractivity contribution in [3.63, 3.8) is 0 Å². The molecule has 1 aromatic rings. The van der Waals surface area contributed by atoms with Crippen LogP contribution >= 0.6 is 0 Å². The topological polar surface area (TPSA) is 54.4 Å². The van der Waals surface area contributed by atoms with Gasteiger partial charge in [0.25, 0.3) is 0 Å². The van der Waals surface area contributed by atoms with Crippen LogP contribution in [0.15, 0.2) is 48.6 Å². The zero-order valence-electron chi connectivity index (χ0n) is 14.9. The van der Waals surface area contributed by atoms with E-state index in [0.717, 1.165) is 5.56 Å². The van der Waals surface area contributed by atoms with Crippen molar-refractivity contribution in [3.8, 4) is 5.75 Å². The maximum absolute atomic E-state index is 14.6. The van der Waals surface area contributed by atoms with Gasteiger partial charge in [0, 0.05) is 17.8 Å². The number of alkyl halides is 2. The Morgan fingerprint density at radius 3 is 2.23 bits per heavy atom. The normalized spacial score (nSPS) is 40.0. The number of aryl methyl sites for hydroxylation is 1. The Morgan fingerprint density at radius 1 is 1.00 bits per heavy atom. The lowest BCUT2D eigenvalue weighted by atomic mass is 9.51. The van der Waals surface area contributed by atoms with E-state index in [1.165, 1.54) is 19.9 Å². The molecule has 0 spiro atoms. The first-order valence-corrected chi connectivity index (χ1v) is 8.66. The molecule has 4 aliphatic rings. The van der Waals surface area contributed by atoms with Gasteiger partial charge in [0.05, 0.1) is 0 Å². The van der Waals surface area contributed by atoms with Crippen LogP contribution in [-0.4, -0.2) is 28.0 Å². The zero-order chi connectivity index (χ0) is 19.3. The first-order chi connectivity index (χ1) is 12.1. The number of rotatable bonds is 0. The molecule has 1 saturated carbocycles. The highest BCUT2D eigenvalue weighted by Crippen LogP contribution is 2.56. The lowest BCUT2D eigenvalue weighted by Crippen LogP contribution is -2.63. The van der Waals surface area contributed by atoms with Crippen molar-refractivity contribution in [2.45, 2.75) is 32.1 Å². The standard InChI is InChI=1S/C14H14F2O2.C7H8O/c1-13(15)9-5-3-8(12(13)18)7-4-6-10(17)14(2,16)11(7)9;1-6-4-2-3-5-7(6)8/h3-9,11H,1-2H3;2-5,8H,1H3/t7-,8+,9-,11-,13+,14-;/m0./s1. The summed E-state index contributed by atoms with van der Waals surface area (Å²) in [6.07, 6.45) is 5.99. The van der Waals surface area contributed by atoms with E-state index < -0.39 is 46.6 Å². The Morgan fingerprint density at radius 2 is 1.65 bits per heavy atom. The van der Waals surface area contributed by atoms with Crippen LogP contribution in [0, 0.1) is 30.6 Å². The Bertz CT molecular complexity index is 786. The van der Waals surface area contributed by atoms with E-state index in [0.29, 0.717) is 5.75 Å². The summed E-state index contributed by atoms with van der Waals surface area (Å²) in [7, 11) is 0. The Kier molecular flexibility index (Phi) is 4.37. The molecule has 6 atom stereocenters. The molecule has 1 aromatic carbocycles. The lowest BCUT2D eigenvalue weighted by molar-refractivity contribution is -0.157. The molecule has 0 aliphatic heterocycles. The number of para-hydroxylation sites is 1. The number of aromatic hydroxyl groups is 1. The van der Waals surface area contributed by atoms with Crippen LogP contribution in [0.5, 0.6) is 5.75 Å². The molecular weight excluding hydrogens is 338 g/mol. The van der Waals surface area contributed by atoms with Gasteiger partial charge in [-0.3, -0.25) is 9.59 Å². The molecule has 5 rings (SSSR count). The van der Waals surface area contributed by atoms with Gasteiger partial charge in [-0.1, -0.05) is 36.4 Å². The van der Waals surface area contributed by atoms with Crippen molar-refractivity contribution in [2.75, 3.05) is 0 Å².